The van der Waals surface area contributed by atoms with E-state index in [1.807, 2.05) is 0 Å². The van der Waals surface area contributed by atoms with E-state index in [4.69, 9.17) is 23.2 Å². The molecular formula is C15H13Cl2FN4O3. The third kappa shape index (κ3) is 5.01. The van der Waals surface area contributed by atoms with Crippen molar-refractivity contribution in [2.45, 2.75) is 6.54 Å². The van der Waals surface area contributed by atoms with Crippen LogP contribution in [0.3, 0.4) is 0 Å². The van der Waals surface area contributed by atoms with E-state index in [1.165, 1.54) is 31.3 Å². The molecule has 1 aromatic carbocycles. The molecule has 1 N–H and O–H groups in total. The van der Waals surface area contributed by atoms with Crippen molar-refractivity contribution in [2.75, 3.05) is 18.9 Å². The largest absolute Gasteiger partial charge is 0.335 e. The molecule has 2 rings (SSSR count). The summed E-state index contributed by atoms with van der Waals surface area (Å²) in [6, 6.07) is 5.20. The number of anilines is 1. The molecule has 0 spiro atoms. The lowest BCUT2D eigenvalue weighted by Gasteiger charge is -2.17. The number of nitrogens with zero attached hydrogens (tertiary/aromatic N) is 3. The number of amides is 2. The number of halogens is 3. The highest BCUT2D eigenvalue weighted by Gasteiger charge is 2.16. The molecule has 0 aliphatic heterocycles. The quantitative estimate of drug-likeness (QED) is 0.848. The molecule has 0 radical (unpaired) electrons. The summed E-state index contributed by atoms with van der Waals surface area (Å²) in [5, 5.41) is 6.00. The molecule has 2 aromatic rings. The van der Waals surface area contributed by atoms with Crippen molar-refractivity contribution in [1.82, 2.24) is 14.7 Å². The highest BCUT2D eigenvalue weighted by molar-refractivity contribution is 6.41. The summed E-state index contributed by atoms with van der Waals surface area (Å²) in [6.07, 6.45) is 1.15. The predicted molar refractivity (Wildman–Crippen MR) is 91.2 cm³/mol. The van der Waals surface area contributed by atoms with Gasteiger partial charge in [-0.25, -0.2) is 9.07 Å². The fraction of sp³-hybridized carbons (Fsp3) is 0.200. The molecular weight excluding hydrogens is 374 g/mol. The highest BCUT2D eigenvalue weighted by atomic mass is 35.5. The Morgan fingerprint density at radius 2 is 1.92 bits per heavy atom. The van der Waals surface area contributed by atoms with Crippen LogP contribution in [0.25, 0.3) is 0 Å². The Kier molecular flexibility index (Phi) is 6.11. The molecule has 0 saturated carbocycles. The van der Waals surface area contributed by atoms with Crippen molar-refractivity contribution < 1.29 is 14.0 Å². The molecule has 0 unspecified atom stereocenters. The van der Waals surface area contributed by atoms with Crippen LogP contribution in [0.2, 0.25) is 10.0 Å². The number of benzene rings is 1. The number of carbonyl (C=O) groups is 2. The van der Waals surface area contributed by atoms with Crippen LogP contribution in [0.5, 0.6) is 0 Å². The van der Waals surface area contributed by atoms with Gasteiger partial charge in [0.2, 0.25) is 11.8 Å². The van der Waals surface area contributed by atoms with Gasteiger partial charge in [0.15, 0.2) is 0 Å². The smallest absolute Gasteiger partial charge is 0.287 e. The van der Waals surface area contributed by atoms with Gasteiger partial charge in [0.25, 0.3) is 5.56 Å². The van der Waals surface area contributed by atoms with Crippen LogP contribution in [-0.4, -0.2) is 40.1 Å². The molecule has 10 heteroatoms. The van der Waals surface area contributed by atoms with E-state index in [2.05, 4.69) is 10.4 Å². The molecule has 1 aromatic heterocycles. The minimum Gasteiger partial charge on any atom is -0.335 e. The summed E-state index contributed by atoms with van der Waals surface area (Å²) in [4.78, 5) is 37.0. The molecule has 132 valence electrons. The van der Waals surface area contributed by atoms with Crippen LogP contribution in [-0.2, 0) is 16.1 Å². The number of carbonyl (C=O) groups excluding carboxylic acids is 2. The summed E-state index contributed by atoms with van der Waals surface area (Å²) in [5.74, 6) is -1.43. The van der Waals surface area contributed by atoms with E-state index in [9.17, 15) is 18.8 Å². The standard InChI is InChI=1S/C15H13Cl2FN4O3/c1-21(7-12(23)20-10-4-2-9(18)3-5-10)13(24)8-22-15(25)14(17)11(16)6-19-22/h2-6H,7-8H2,1H3,(H,20,23). The summed E-state index contributed by atoms with van der Waals surface area (Å²) in [7, 11) is 1.40. The van der Waals surface area contributed by atoms with Crippen LogP contribution >= 0.6 is 23.2 Å². The van der Waals surface area contributed by atoms with E-state index >= 15 is 0 Å². The molecule has 0 atom stereocenters. The zero-order valence-electron chi connectivity index (χ0n) is 13.0. The van der Waals surface area contributed by atoms with E-state index in [0.717, 1.165) is 15.8 Å². The topological polar surface area (TPSA) is 84.3 Å². The van der Waals surface area contributed by atoms with Crippen molar-refractivity contribution in [3.63, 3.8) is 0 Å². The fourth-order valence-electron chi connectivity index (χ4n) is 1.84. The Morgan fingerprint density at radius 1 is 1.28 bits per heavy atom. The normalized spacial score (nSPS) is 10.4. The van der Waals surface area contributed by atoms with Gasteiger partial charge >= 0.3 is 0 Å². The molecule has 0 aliphatic carbocycles. The van der Waals surface area contributed by atoms with Crippen LogP contribution in [0.1, 0.15) is 0 Å². The molecule has 1 heterocycles. The van der Waals surface area contributed by atoms with Gasteiger partial charge in [-0.05, 0) is 24.3 Å². The van der Waals surface area contributed by atoms with Gasteiger partial charge in [-0.15, -0.1) is 0 Å². The lowest BCUT2D eigenvalue weighted by atomic mass is 10.3. The first kappa shape index (κ1) is 18.9. The Bertz CT molecular complexity index is 855. The molecule has 0 saturated heterocycles. The minimum atomic E-state index is -0.702. The monoisotopic (exact) mass is 386 g/mol. The van der Waals surface area contributed by atoms with Gasteiger partial charge in [-0.1, -0.05) is 23.2 Å². The maximum absolute atomic E-state index is 12.8. The zero-order valence-corrected chi connectivity index (χ0v) is 14.5. The Balaban J connectivity index is 1.96. The van der Waals surface area contributed by atoms with Gasteiger partial charge < -0.3 is 10.2 Å². The van der Waals surface area contributed by atoms with Gasteiger partial charge in [0, 0.05) is 12.7 Å². The highest BCUT2D eigenvalue weighted by Crippen LogP contribution is 2.14. The number of aromatic nitrogens is 2. The van der Waals surface area contributed by atoms with Crippen molar-refractivity contribution in [3.05, 3.63) is 56.7 Å². The van der Waals surface area contributed by atoms with Crippen molar-refractivity contribution >= 4 is 40.7 Å². The summed E-state index contributed by atoms with van der Waals surface area (Å²) < 4.78 is 13.7. The number of hydrogen-bond donors (Lipinski definition) is 1. The zero-order chi connectivity index (χ0) is 18.6. The third-order valence-corrected chi connectivity index (χ3v) is 3.91. The van der Waals surface area contributed by atoms with E-state index in [1.54, 1.807) is 0 Å². The first-order valence-corrected chi connectivity index (χ1v) is 7.74. The predicted octanol–water partition coefficient (Wildman–Crippen LogP) is 1.79. The second-order valence-electron chi connectivity index (χ2n) is 5.07. The summed E-state index contributed by atoms with van der Waals surface area (Å²) >= 11 is 11.4. The van der Waals surface area contributed by atoms with Crippen LogP contribution in [0.15, 0.2) is 35.3 Å². The summed E-state index contributed by atoms with van der Waals surface area (Å²) in [5.41, 5.74) is -0.304. The van der Waals surface area contributed by atoms with Gasteiger partial charge in [0.1, 0.15) is 17.4 Å². The Labute approximate surface area is 151 Å². The van der Waals surface area contributed by atoms with E-state index in [0.29, 0.717) is 5.69 Å². The molecule has 7 nitrogen and oxygen atoms in total. The van der Waals surface area contributed by atoms with Crippen molar-refractivity contribution in [2.24, 2.45) is 0 Å². The first-order valence-electron chi connectivity index (χ1n) is 6.98. The minimum absolute atomic E-state index is 0.0117. The van der Waals surface area contributed by atoms with Crippen LogP contribution in [0, 0.1) is 5.82 Å². The Hall–Kier alpha value is -2.45. The van der Waals surface area contributed by atoms with Crippen molar-refractivity contribution in [1.29, 1.82) is 0 Å². The lowest BCUT2D eigenvalue weighted by molar-refractivity contribution is -0.134. The van der Waals surface area contributed by atoms with E-state index < -0.39 is 29.7 Å². The lowest BCUT2D eigenvalue weighted by Crippen LogP contribution is -2.39. The third-order valence-electron chi connectivity index (χ3n) is 3.16. The van der Waals surface area contributed by atoms with E-state index in [-0.39, 0.29) is 16.6 Å². The van der Waals surface area contributed by atoms with Gasteiger partial charge in [-0.2, -0.15) is 5.10 Å². The SMILES string of the molecule is CN(CC(=O)Nc1ccc(F)cc1)C(=O)Cn1ncc(Cl)c(Cl)c1=O. The molecule has 25 heavy (non-hydrogen) atoms. The first-order chi connectivity index (χ1) is 11.8. The second kappa shape index (κ2) is 8.09. The van der Waals surface area contributed by atoms with Gasteiger partial charge in [-0.3, -0.25) is 14.4 Å². The average Bonchev–Trinajstić information content (AvgIpc) is 2.57. The molecule has 0 fully saturated rings. The second-order valence-corrected chi connectivity index (χ2v) is 5.86. The molecule has 0 aliphatic rings. The van der Waals surface area contributed by atoms with Crippen LogP contribution < -0.4 is 10.9 Å². The Morgan fingerprint density at radius 3 is 2.56 bits per heavy atom. The number of likely N-dealkylation sites (N-methyl/N-ethyl adjacent to an activating group) is 1. The van der Waals surface area contributed by atoms with Gasteiger partial charge in [0.05, 0.1) is 17.8 Å². The fourth-order valence-corrected chi connectivity index (χ4v) is 2.11. The summed E-state index contributed by atoms with van der Waals surface area (Å²) in [6.45, 7) is -0.650. The van der Waals surface area contributed by atoms with Crippen LogP contribution in [0.4, 0.5) is 10.1 Å². The number of rotatable bonds is 5. The molecule has 0 bridgehead atoms. The number of nitrogens with one attached hydrogen (secondary N) is 1. The molecule has 2 amide bonds. The van der Waals surface area contributed by atoms with Crippen molar-refractivity contribution in [3.8, 4) is 0 Å². The maximum Gasteiger partial charge on any atom is 0.287 e. The maximum atomic E-state index is 12.8. The average molecular weight is 387 g/mol. The number of hydrogen-bond acceptors (Lipinski definition) is 4.